The van der Waals surface area contributed by atoms with Gasteiger partial charge >= 0.3 is 5.97 Å². The predicted octanol–water partition coefficient (Wildman–Crippen LogP) is 2.53. The molecule has 3 rings (SSSR count). The van der Waals surface area contributed by atoms with Crippen molar-refractivity contribution in [3.8, 4) is 23.0 Å². The number of benzene rings is 2. The number of hydrogen-bond donors (Lipinski definition) is 1. The van der Waals surface area contributed by atoms with Gasteiger partial charge in [0.15, 0.2) is 29.6 Å². The zero-order chi connectivity index (χ0) is 22.1. The largest absolute Gasteiger partial charge is 0.490 e. The third-order valence-corrected chi connectivity index (χ3v) is 4.46. The molecular weight excluding hydrogens is 402 g/mol. The summed E-state index contributed by atoms with van der Waals surface area (Å²) in [6, 6.07) is 12.8. The number of hydrogen-bond acceptors (Lipinski definition) is 7. The highest BCUT2D eigenvalue weighted by Crippen LogP contribution is 2.31. The van der Waals surface area contributed by atoms with Crippen molar-refractivity contribution < 1.29 is 33.3 Å². The van der Waals surface area contributed by atoms with Gasteiger partial charge in [0, 0.05) is 6.54 Å². The molecule has 2 aromatic carbocycles. The minimum absolute atomic E-state index is 0.0391. The van der Waals surface area contributed by atoms with Crippen molar-refractivity contribution in [1.82, 2.24) is 5.32 Å². The number of ether oxygens (including phenoxy) is 5. The lowest BCUT2D eigenvalue weighted by atomic mass is 10.1. The molecular formula is C23H27NO7. The van der Waals surface area contributed by atoms with E-state index in [9.17, 15) is 9.59 Å². The Balaban J connectivity index is 1.40. The Morgan fingerprint density at radius 3 is 2.55 bits per heavy atom. The maximum absolute atomic E-state index is 12.2. The number of carbonyl (C=O) groups is 2. The molecule has 0 radical (unpaired) electrons. The Kier molecular flexibility index (Phi) is 7.98. The molecule has 1 heterocycles. The van der Waals surface area contributed by atoms with Crippen LogP contribution < -0.4 is 24.3 Å². The zero-order valence-electron chi connectivity index (χ0n) is 17.7. The van der Waals surface area contributed by atoms with Crippen LogP contribution in [0.1, 0.15) is 19.4 Å². The van der Waals surface area contributed by atoms with E-state index in [0.29, 0.717) is 49.2 Å². The second-order valence-electron chi connectivity index (χ2n) is 6.72. The summed E-state index contributed by atoms with van der Waals surface area (Å²) in [6.45, 7) is 4.97. The SMILES string of the molecule is CCOc1ccc(CCNC(=O)COC(=O)[C@@H]2COc3ccccc3O2)cc1OCC. The quantitative estimate of drug-likeness (QED) is 0.580. The van der Waals surface area contributed by atoms with Crippen LogP contribution in [0.4, 0.5) is 0 Å². The Hall–Kier alpha value is -3.42. The van der Waals surface area contributed by atoms with Crippen LogP contribution in [0.2, 0.25) is 0 Å². The van der Waals surface area contributed by atoms with Crippen molar-refractivity contribution >= 4 is 11.9 Å². The standard InChI is InChI=1S/C23H27NO7/c1-3-27-18-10-9-16(13-20(18)28-4-2)11-12-24-22(25)15-30-23(26)21-14-29-17-7-5-6-8-19(17)31-21/h5-10,13,21H,3-4,11-12,14-15H2,1-2H3,(H,24,25)/t21-/m0/s1. The Labute approximate surface area is 181 Å². The lowest BCUT2D eigenvalue weighted by molar-refractivity contribution is -0.157. The number of rotatable bonds is 10. The molecule has 0 spiro atoms. The van der Waals surface area contributed by atoms with Crippen molar-refractivity contribution in [3.63, 3.8) is 0 Å². The smallest absolute Gasteiger partial charge is 0.351 e. The van der Waals surface area contributed by atoms with Crippen molar-refractivity contribution in [2.45, 2.75) is 26.4 Å². The summed E-state index contributed by atoms with van der Waals surface area (Å²) >= 11 is 0. The summed E-state index contributed by atoms with van der Waals surface area (Å²) in [5.41, 5.74) is 0.996. The molecule has 1 aliphatic heterocycles. The van der Waals surface area contributed by atoms with E-state index in [1.807, 2.05) is 38.1 Å². The minimum Gasteiger partial charge on any atom is -0.490 e. The number of esters is 1. The van der Waals surface area contributed by atoms with Crippen molar-refractivity contribution in [2.24, 2.45) is 0 Å². The van der Waals surface area contributed by atoms with Crippen LogP contribution >= 0.6 is 0 Å². The number of fused-ring (bicyclic) bond motifs is 1. The fourth-order valence-electron chi connectivity index (χ4n) is 3.01. The van der Waals surface area contributed by atoms with E-state index in [-0.39, 0.29) is 19.1 Å². The molecule has 1 N–H and O–H groups in total. The lowest BCUT2D eigenvalue weighted by Gasteiger charge is -2.24. The average Bonchev–Trinajstić information content (AvgIpc) is 2.79. The van der Waals surface area contributed by atoms with Crippen LogP contribution in [-0.2, 0) is 20.7 Å². The fraction of sp³-hybridized carbons (Fsp3) is 0.391. The average molecular weight is 429 g/mol. The first-order valence-corrected chi connectivity index (χ1v) is 10.3. The third-order valence-electron chi connectivity index (χ3n) is 4.46. The van der Waals surface area contributed by atoms with Gasteiger partial charge in [0.05, 0.1) is 13.2 Å². The molecule has 0 aromatic heterocycles. The van der Waals surface area contributed by atoms with Crippen LogP contribution in [0, 0.1) is 0 Å². The summed E-state index contributed by atoms with van der Waals surface area (Å²) in [4.78, 5) is 24.2. The molecule has 0 unspecified atom stereocenters. The van der Waals surface area contributed by atoms with Crippen LogP contribution in [0.25, 0.3) is 0 Å². The lowest BCUT2D eigenvalue weighted by Crippen LogP contribution is -2.39. The molecule has 0 fully saturated rings. The molecule has 1 amide bonds. The topological polar surface area (TPSA) is 92.3 Å². The van der Waals surface area contributed by atoms with Gasteiger partial charge in [0.25, 0.3) is 5.91 Å². The first kappa shape index (κ1) is 22.3. The predicted molar refractivity (Wildman–Crippen MR) is 113 cm³/mol. The zero-order valence-corrected chi connectivity index (χ0v) is 17.7. The number of nitrogens with one attached hydrogen (secondary N) is 1. The van der Waals surface area contributed by atoms with Gasteiger partial charge in [-0.3, -0.25) is 4.79 Å². The van der Waals surface area contributed by atoms with Gasteiger partial charge in [-0.05, 0) is 50.1 Å². The molecule has 1 aliphatic rings. The number of carbonyl (C=O) groups excluding carboxylic acids is 2. The van der Waals surface area contributed by atoms with Crippen molar-refractivity contribution in [2.75, 3.05) is 33.0 Å². The van der Waals surface area contributed by atoms with Crippen LogP contribution in [0.3, 0.4) is 0 Å². The molecule has 2 aromatic rings. The normalized spacial score (nSPS) is 14.5. The second kappa shape index (κ2) is 11.1. The summed E-state index contributed by atoms with van der Waals surface area (Å²) in [5, 5.41) is 2.74. The van der Waals surface area contributed by atoms with E-state index in [0.717, 1.165) is 5.56 Å². The number of amides is 1. The molecule has 0 saturated heterocycles. The molecule has 0 bridgehead atoms. The van der Waals surface area contributed by atoms with Crippen molar-refractivity contribution in [1.29, 1.82) is 0 Å². The van der Waals surface area contributed by atoms with Gasteiger partial charge in [-0.2, -0.15) is 0 Å². The van der Waals surface area contributed by atoms with Gasteiger partial charge < -0.3 is 29.0 Å². The first-order valence-electron chi connectivity index (χ1n) is 10.3. The van der Waals surface area contributed by atoms with E-state index >= 15 is 0 Å². The van der Waals surface area contributed by atoms with E-state index in [1.165, 1.54) is 0 Å². The molecule has 8 nitrogen and oxygen atoms in total. The van der Waals surface area contributed by atoms with Crippen molar-refractivity contribution in [3.05, 3.63) is 48.0 Å². The Morgan fingerprint density at radius 1 is 1.03 bits per heavy atom. The molecule has 8 heteroatoms. The maximum atomic E-state index is 12.2. The van der Waals surface area contributed by atoms with Crippen LogP contribution in [0.5, 0.6) is 23.0 Å². The maximum Gasteiger partial charge on any atom is 0.351 e. The van der Waals surface area contributed by atoms with Gasteiger partial charge in [-0.1, -0.05) is 18.2 Å². The van der Waals surface area contributed by atoms with Crippen LogP contribution in [-0.4, -0.2) is 51.0 Å². The highest BCUT2D eigenvalue weighted by molar-refractivity contribution is 5.82. The molecule has 0 saturated carbocycles. The molecule has 1 atom stereocenters. The fourth-order valence-corrected chi connectivity index (χ4v) is 3.01. The van der Waals surface area contributed by atoms with E-state index < -0.39 is 12.1 Å². The van der Waals surface area contributed by atoms with E-state index in [2.05, 4.69) is 5.32 Å². The second-order valence-corrected chi connectivity index (χ2v) is 6.72. The van der Waals surface area contributed by atoms with E-state index in [1.54, 1.807) is 18.2 Å². The highest BCUT2D eigenvalue weighted by Gasteiger charge is 2.29. The molecule has 166 valence electrons. The summed E-state index contributed by atoms with van der Waals surface area (Å²) in [5.74, 6) is 1.39. The van der Waals surface area contributed by atoms with E-state index in [4.69, 9.17) is 23.7 Å². The highest BCUT2D eigenvalue weighted by atomic mass is 16.6. The first-order chi connectivity index (χ1) is 15.1. The Bertz CT molecular complexity index is 899. The number of para-hydroxylation sites is 2. The molecule has 0 aliphatic carbocycles. The monoisotopic (exact) mass is 429 g/mol. The van der Waals surface area contributed by atoms with Gasteiger partial charge in [-0.25, -0.2) is 4.79 Å². The van der Waals surface area contributed by atoms with Gasteiger partial charge in [0.1, 0.15) is 6.61 Å². The molecule has 31 heavy (non-hydrogen) atoms. The third kappa shape index (κ3) is 6.28. The summed E-state index contributed by atoms with van der Waals surface area (Å²) in [6.07, 6.45) is -0.300. The van der Waals surface area contributed by atoms with Gasteiger partial charge in [0.2, 0.25) is 6.10 Å². The van der Waals surface area contributed by atoms with Gasteiger partial charge in [-0.15, -0.1) is 0 Å². The Morgan fingerprint density at radius 2 is 1.77 bits per heavy atom. The van der Waals surface area contributed by atoms with Crippen LogP contribution in [0.15, 0.2) is 42.5 Å². The minimum atomic E-state index is -0.899. The summed E-state index contributed by atoms with van der Waals surface area (Å²) < 4.78 is 27.3. The summed E-state index contributed by atoms with van der Waals surface area (Å²) in [7, 11) is 0.